The largest absolute Gasteiger partial charge is 0.494 e. The van der Waals surface area contributed by atoms with E-state index in [0.717, 1.165) is 43.0 Å². The number of rotatable bonds is 4. The number of fused-ring (bicyclic) bond motifs is 1. The Labute approximate surface area is 130 Å². The van der Waals surface area contributed by atoms with E-state index in [4.69, 9.17) is 14.6 Å². The van der Waals surface area contributed by atoms with Gasteiger partial charge in [0.2, 0.25) is 0 Å². The van der Waals surface area contributed by atoms with Crippen molar-refractivity contribution in [1.82, 2.24) is 4.90 Å². The standard InChI is InChI=1S/C17H21NO4/c1-2-21-14-3-4-15-13(11-14)5-6-17(22-15)7-9-18(10-8-17)12-16(19)20/h3-6,11H,2,7-10,12H2,1H3,(H,19,20). The summed E-state index contributed by atoms with van der Waals surface area (Å²) in [5, 5.41) is 8.87. The number of aliphatic carboxylic acids is 1. The lowest BCUT2D eigenvalue weighted by Crippen LogP contribution is -2.48. The smallest absolute Gasteiger partial charge is 0.317 e. The molecule has 0 unspecified atom stereocenters. The molecule has 3 rings (SSSR count). The van der Waals surface area contributed by atoms with Crippen molar-refractivity contribution in [1.29, 1.82) is 0 Å². The lowest BCUT2D eigenvalue weighted by atomic mass is 9.88. The van der Waals surface area contributed by atoms with Crippen molar-refractivity contribution in [2.75, 3.05) is 26.2 Å². The van der Waals surface area contributed by atoms with E-state index in [9.17, 15) is 4.79 Å². The zero-order chi connectivity index (χ0) is 15.6. The Bertz CT molecular complexity index is 588. The van der Waals surface area contributed by atoms with Crippen LogP contribution in [-0.4, -0.2) is 47.8 Å². The summed E-state index contributed by atoms with van der Waals surface area (Å²) in [7, 11) is 0. The molecule has 1 N–H and O–H groups in total. The number of nitrogens with zero attached hydrogens (tertiary/aromatic N) is 1. The molecule has 0 radical (unpaired) electrons. The van der Waals surface area contributed by atoms with Gasteiger partial charge in [-0.25, -0.2) is 0 Å². The molecule has 5 nitrogen and oxygen atoms in total. The van der Waals surface area contributed by atoms with Crippen LogP contribution in [0.3, 0.4) is 0 Å². The molecule has 2 aliphatic heterocycles. The predicted octanol–water partition coefficient (Wildman–Crippen LogP) is 2.41. The third kappa shape index (κ3) is 3.09. The predicted molar refractivity (Wildman–Crippen MR) is 83.3 cm³/mol. The van der Waals surface area contributed by atoms with Gasteiger partial charge in [0, 0.05) is 31.5 Å². The normalized spacial score (nSPS) is 19.5. The quantitative estimate of drug-likeness (QED) is 0.925. The fourth-order valence-electron chi connectivity index (χ4n) is 3.05. The molecule has 2 aliphatic rings. The summed E-state index contributed by atoms with van der Waals surface area (Å²) in [4.78, 5) is 12.7. The number of likely N-dealkylation sites (tertiary alicyclic amines) is 1. The topological polar surface area (TPSA) is 59.0 Å². The first-order chi connectivity index (χ1) is 10.6. The van der Waals surface area contributed by atoms with Gasteiger partial charge >= 0.3 is 5.97 Å². The van der Waals surface area contributed by atoms with Crippen molar-refractivity contribution >= 4 is 12.0 Å². The summed E-state index contributed by atoms with van der Waals surface area (Å²) in [6.45, 7) is 4.19. The first kappa shape index (κ1) is 14.9. The number of hydrogen-bond donors (Lipinski definition) is 1. The summed E-state index contributed by atoms with van der Waals surface area (Å²) in [5.41, 5.74) is 0.735. The van der Waals surface area contributed by atoms with E-state index in [1.54, 1.807) is 0 Å². The Kier molecular flexibility index (Phi) is 4.07. The van der Waals surface area contributed by atoms with Crippen LogP contribution in [0.25, 0.3) is 6.08 Å². The van der Waals surface area contributed by atoms with E-state index in [2.05, 4.69) is 12.2 Å². The molecule has 0 atom stereocenters. The van der Waals surface area contributed by atoms with Gasteiger partial charge in [-0.2, -0.15) is 0 Å². The zero-order valence-corrected chi connectivity index (χ0v) is 12.7. The lowest BCUT2D eigenvalue weighted by Gasteiger charge is -2.41. The number of carboxylic acid groups (broad SMARTS) is 1. The van der Waals surface area contributed by atoms with Gasteiger partial charge in [-0.15, -0.1) is 0 Å². The van der Waals surface area contributed by atoms with Crippen molar-refractivity contribution in [3.63, 3.8) is 0 Å². The van der Waals surface area contributed by atoms with Crippen LogP contribution in [0.4, 0.5) is 0 Å². The van der Waals surface area contributed by atoms with Gasteiger partial charge in [-0.1, -0.05) is 6.08 Å². The Morgan fingerprint density at radius 1 is 1.41 bits per heavy atom. The van der Waals surface area contributed by atoms with Gasteiger partial charge in [-0.3, -0.25) is 9.69 Å². The maximum absolute atomic E-state index is 10.8. The number of carbonyl (C=O) groups is 1. The van der Waals surface area contributed by atoms with Gasteiger partial charge < -0.3 is 14.6 Å². The summed E-state index contributed by atoms with van der Waals surface area (Å²) in [6.07, 6.45) is 5.82. The van der Waals surface area contributed by atoms with E-state index in [-0.39, 0.29) is 12.1 Å². The second-order valence-corrected chi connectivity index (χ2v) is 5.80. The maximum atomic E-state index is 10.8. The number of carboxylic acids is 1. The van der Waals surface area contributed by atoms with Crippen molar-refractivity contribution in [2.24, 2.45) is 0 Å². The fraction of sp³-hybridized carbons (Fsp3) is 0.471. The second-order valence-electron chi connectivity index (χ2n) is 5.80. The average molecular weight is 303 g/mol. The maximum Gasteiger partial charge on any atom is 0.317 e. The molecule has 118 valence electrons. The van der Waals surface area contributed by atoms with E-state index in [1.807, 2.05) is 30.0 Å². The third-order valence-electron chi connectivity index (χ3n) is 4.23. The molecule has 1 aromatic rings. The van der Waals surface area contributed by atoms with Gasteiger partial charge in [0.15, 0.2) is 0 Å². The highest BCUT2D eigenvalue weighted by atomic mass is 16.5. The molecule has 1 saturated heterocycles. The van der Waals surface area contributed by atoms with Crippen molar-refractivity contribution in [3.05, 3.63) is 29.8 Å². The van der Waals surface area contributed by atoms with Gasteiger partial charge in [0.05, 0.1) is 13.2 Å². The van der Waals surface area contributed by atoms with Crippen LogP contribution in [0, 0.1) is 0 Å². The first-order valence-corrected chi connectivity index (χ1v) is 7.69. The molecule has 0 aliphatic carbocycles. The molecule has 0 saturated carbocycles. The van der Waals surface area contributed by atoms with Gasteiger partial charge in [0.1, 0.15) is 17.1 Å². The molecular weight excluding hydrogens is 282 g/mol. The Hall–Kier alpha value is -2.01. The summed E-state index contributed by atoms with van der Waals surface area (Å²) in [6, 6.07) is 5.87. The minimum Gasteiger partial charge on any atom is -0.494 e. The van der Waals surface area contributed by atoms with Crippen LogP contribution < -0.4 is 9.47 Å². The highest BCUT2D eigenvalue weighted by Crippen LogP contribution is 2.38. The minimum absolute atomic E-state index is 0.105. The second kappa shape index (κ2) is 6.01. The Morgan fingerprint density at radius 3 is 2.86 bits per heavy atom. The summed E-state index contributed by atoms with van der Waals surface area (Å²) >= 11 is 0. The lowest BCUT2D eigenvalue weighted by molar-refractivity contribution is -0.139. The molecule has 0 bridgehead atoms. The summed E-state index contributed by atoms with van der Waals surface area (Å²) in [5.74, 6) is 0.948. The molecule has 5 heteroatoms. The van der Waals surface area contributed by atoms with Crippen molar-refractivity contribution in [2.45, 2.75) is 25.4 Å². The Balaban J connectivity index is 1.69. The van der Waals surface area contributed by atoms with Crippen LogP contribution in [0.2, 0.25) is 0 Å². The molecular formula is C17H21NO4. The SMILES string of the molecule is CCOc1ccc2c(c1)C=CC1(CCN(CC(=O)O)CC1)O2. The summed E-state index contributed by atoms with van der Waals surface area (Å²) < 4.78 is 11.7. The molecule has 1 fully saturated rings. The molecule has 2 heterocycles. The molecule has 1 spiro atoms. The van der Waals surface area contributed by atoms with E-state index < -0.39 is 5.97 Å². The van der Waals surface area contributed by atoms with Crippen molar-refractivity contribution in [3.8, 4) is 11.5 Å². The molecule has 22 heavy (non-hydrogen) atoms. The minimum atomic E-state index is -0.773. The van der Waals surface area contributed by atoms with Crippen molar-refractivity contribution < 1.29 is 19.4 Å². The number of benzene rings is 1. The first-order valence-electron chi connectivity index (χ1n) is 7.69. The number of hydrogen-bond acceptors (Lipinski definition) is 4. The highest BCUT2D eigenvalue weighted by molar-refractivity contribution is 5.69. The fourth-order valence-corrected chi connectivity index (χ4v) is 3.05. The van der Waals surface area contributed by atoms with Crippen LogP contribution in [-0.2, 0) is 4.79 Å². The highest BCUT2D eigenvalue weighted by Gasteiger charge is 2.37. The van der Waals surface area contributed by atoms with E-state index in [0.29, 0.717) is 6.61 Å². The van der Waals surface area contributed by atoms with Crippen LogP contribution >= 0.6 is 0 Å². The number of ether oxygens (including phenoxy) is 2. The molecule has 0 aromatic heterocycles. The van der Waals surface area contributed by atoms with E-state index >= 15 is 0 Å². The van der Waals surface area contributed by atoms with Gasteiger partial charge in [0.25, 0.3) is 0 Å². The molecule has 1 aromatic carbocycles. The number of piperidine rings is 1. The van der Waals surface area contributed by atoms with Crippen LogP contribution in [0.1, 0.15) is 25.3 Å². The third-order valence-corrected chi connectivity index (χ3v) is 4.23. The monoisotopic (exact) mass is 303 g/mol. The Morgan fingerprint density at radius 2 is 2.18 bits per heavy atom. The van der Waals surface area contributed by atoms with Crippen LogP contribution in [0.15, 0.2) is 24.3 Å². The molecule has 0 amide bonds. The average Bonchev–Trinajstić information content (AvgIpc) is 2.50. The van der Waals surface area contributed by atoms with Gasteiger partial charge in [-0.05, 0) is 31.2 Å². The zero-order valence-electron chi connectivity index (χ0n) is 12.7. The van der Waals surface area contributed by atoms with E-state index in [1.165, 1.54) is 0 Å². The van der Waals surface area contributed by atoms with Crippen LogP contribution in [0.5, 0.6) is 11.5 Å².